The highest BCUT2D eigenvalue weighted by molar-refractivity contribution is 5.80. The number of aliphatic hydroxyl groups is 1. The first-order valence-electron chi connectivity index (χ1n) is 11.5. The number of nitrogens with zero attached hydrogens (tertiary/aromatic N) is 3. The van der Waals surface area contributed by atoms with Gasteiger partial charge in [-0.25, -0.2) is 0 Å². The molecule has 5 rings (SSSR count). The molecule has 0 radical (unpaired) electrons. The van der Waals surface area contributed by atoms with Gasteiger partial charge in [0.05, 0.1) is 24.2 Å². The van der Waals surface area contributed by atoms with Crippen LogP contribution in [-0.2, 0) is 17.9 Å². The number of hydrogen-bond acceptors (Lipinski definition) is 5. The molecule has 7 nitrogen and oxygen atoms in total. The number of rotatable bonds is 7. The Morgan fingerprint density at radius 1 is 1.28 bits per heavy atom. The van der Waals surface area contributed by atoms with Gasteiger partial charge in [0.15, 0.2) is 0 Å². The smallest absolute Gasteiger partial charge is 0.258 e. The van der Waals surface area contributed by atoms with Gasteiger partial charge >= 0.3 is 0 Å². The largest absolute Gasteiger partial charge is 0.396 e. The zero-order chi connectivity index (χ0) is 22.2. The molecule has 1 saturated heterocycles. The Labute approximate surface area is 187 Å². The lowest BCUT2D eigenvalue weighted by atomic mass is 9.86. The van der Waals surface area contributed by atoms with Gasteiger partial charge in [0.25, 0.3) is 5.56 Å². The van der Waals surface area contributed by atoms with Gasteiger partial charge < -0.3 is 15.0 Å². The predicted molar refractivity (Wildman–Crippen MR) is 122 cm³/mol. The number of pyridine rings is 2. The third-order valence-electron chi connectivity index (χ3n) is 7.18. The molecule has 2 aromatic heterocycles. The Hall–Kier alpha value is -2.77. The summed E-state index contributed by atoms with van der Waals surface area (Å²) in [5.74, 6) is -0.0585. The van der Waals surface area contributed by atoms with E-state index in [4.69, 9.17) is 0 Å². The van der Waals surface area contributed by atoms with E-state index >= 15 is 0 Å². The second-order valence-corrected chi connectivity index (χ2v) is 9.19. The van der Waals surface area contributed by atoms with Crippen molar-refractivity contribution >= 4 is 12.0 Å². The van der Waals surface area contributed by atoms with E-state index in [0.717, 1.165) is 17.9 Å². The number of carbonyl (C=O) groups is 1. The highest BCUT2D eigenvalue weighted by Crippen LogP contribution is 2.50. The van der Waals surface area contributed by atoms with Crippen molar-refractivity contribution in [3.05, 3.63) is 69.9 Å². The van der Waals surface area contributed by atoms with Crippen LogP contribution in [0.5, 0.6) is 0 Å². The zero-order valence-corrected chi connectivity index (χ0v) is 18.4. The van der Waals surface area contributed by atoms with Crippen LogP contribution in [0, 0.1) is 17.8 Å². The van der Waals surface area contributed by atoms with Gasteiger partial charge in [0, 0.05) is 49.1 Å². The molecule has 168 valence electrons. The fourth-order valence-corrected chi connectivity index (χ4v) is 5.49. The minimum atomic E-state index is -0.409. The lowest BCUT2D eigenvalue weighted by Gasteiger charge is -2.38. The molecule has 2 aromatic rings. The van der Waals surface area contributed by atoms with Gasteiger partial charge in [0.2, 0.25) is 5.91 Å². The summed E-state index contributed by atoms with van der Waals surface area (Å²) in [6.07, 6.45) is 7.83. The minimum absolute atomic E-state index is 0.0205. The van der Waals surface area contributed by atoms with Crippen LogP contribution in [-0.4, -0.2) is 44.7 Å². The molecule has 7 heteroatoms. The quantitative estimate of drug-likeness (QED) is 0.696. The molecule has 1 aliphatic carbocycles. The van der Waals surface area contributed by atoms with Gasteiger partial charge in [-0.1, -0.05) is 18.2 Å². The Bertz CT molecular complexity index is 1080. The van der Waals surface area contributed by atoms with E-state index in [1.807, 2.05) is 54.0 Å². The predicted octanol–water partition coefficient (Wildman–Crippen LogP) is 1.97. The van der Waals surface area contributed by atoms with Gasteiger partial charge in [-0.15, -0.1) is 0 Å². The van der Waals surface area contributed by atoms with Crippen LogP contribution in [0.25, 0.3) is 6.08 Å². The number of fused-ring (bicyclic) bond motifs is 4. The van der Waals surface area contributed by atoms with Gasteiger partial charge in [0.1, 0.15) is 0 Å². The molecule has 2 N–H and O–H groups in total. The van der Waals surface area contributed by atoms with Crippen LogP contribution in [0.3, 0.4) is 0 Å². The first kappa shape index (κ1) is 21.1. The van der Waals surface area contributed by atoms with Crippen LogP contribution >= 0.6 is 0 Å². The fourth-order valence-electron chi connectivity index (χ4n) is 5.49. The molecule has 32 heavy (non-hydrogen) atoms. The summed E-state index contributed by atoms with van der Waals surface area (Å²) in [6, 6.07) is 9.25. The number of aromatic nitrogens is 2. The molecule has 1 saturated carbocycles. The molecular weight excluding hydrogens is 404 g/mol. The van der Waals surface area contributed by atoms with E-state index in [1.54, 1.807) is 6.20 Å². The Kier molecular flexibility index (Phi) is 5.69. The summed E-state index contributed by atoms with van der Waals surface area (Å²) in [6.45, 7) is 3.60. The molecule has 2 bridgehead atoms. The molecule has 0 unspecified atom stereocenters. The van der Waals surface area contributed by atoms with E-state index in [0.29, 0.717) is 24.6 Å². The summed E-state index contributed by atoms with van der Waals surface area (Å²) < 4.78 is 1.84. The molecule has 1 amide bonds. The normalized spacial score (nSPS) is 26.9. The number of allylic oxidation sites excluding steroid dienone is 1. The summed E-state index contributed by atoms with van der Waals surface area (Å²) in [7, 11) is 0. The first-order chi connectivity index (χ1) is 15.6. The van der Waals surface area contributed by atoms with Crippen LogP contribution in [0.1, 0.15) is 42.8 Å². The standard InChI is InChI=1S/C25H30N4O3/c1-2-5-17-9-10-20-23-22(24(31)27-12-18-6-3-4-11-26-18)19(15-30)21(14-29(20)25(17)32)28(23)13-16-7-8-16/h2-6,9-11,16,19,21-23,30H,7-8,12-15H2,1H3,(H,27,31)/b5-2-/t19-,21-,22+,23+/m1/s1. The first-order valence-corrected chi connectivity index (χ1v) is 11.5. The van der Waals surface area contributed by atoms with E-state index < -0.39 is 5.92 Å². The Morgan fingerprint density at radius 3 is 2.81 bits per heavy atom. The van der Waals surface area contributed by atoms with E-state index in [-0.39, 0.29) is 36.1 Å². The molecule has 2 fully saturated rings. The minimum Gasteiger partial charge on any atom is -0.396 e. The number of hydrogen-bond donors (Lipinski definition) is 2. The number of aliphatic hydroxyl groups excluding tert-OH is 1. The van der Waals surface area contributed by atoms with Crippen molar-refractivity contribution in [2.75, 3.05) is 13.2 Å². The molecule has 0 aromatic carbocycles. The van der Waals surface area contributed by atoms with Gasteiger partial charge in [-0.2, -0.15) is 0 Å². The molecule has 4 heterocycles. The third kappa shape index (κ3) is 3.69. The van der Waals surface area contributed by atoms with E-state index in [9.17, 15) is 14.7 Å². The second-order valence-electron chi connectivity index (χ2n) is 9.19. The molecule has 2 aliphatic heterocycles. The van der Waals surface area contributed by atoms with Crippen molar-refractivity contribution in [1.82, 2.24) is 19.8 Å². The molecular formula is C25H30N4O3. The average Bonchev–Trinajstić information content (AvgIpc) is 3.59. The maximum absolute atomic E-state index is 13.5. The number of carbonyl (C=O) groups excluding carboxylic acids is 1. The highest BCUT2D eigenvalue weighted by Gasteiger charge is 2.56. The van der Waals surface area contributed by atoms with Crippen LogP contribution in [0.4, 0.5) is 0 Å². The molecule has 3 aliphatic rings. The lowest BCUT2D eigenvalue weighted by molar-refractivity contribution is -0.127. The van der Waals surface area contributed by atoms with Crippen molar-refractivity contribution in [3.63, 3.8) is 0 Å². The average molecular weight is 435 g/mol. The van der Waals surface area contributed by atoms with Crippen molar-refractivity contribution in [2.24, 2.45) is 17.8 Å². The third-order valence-corrected chi connectivity index (χ3v) is 7.18. The van der Waals surface area contributed by atoms with Gasteiger partial charge in [-0.05, 0) is 49.9 Å². The highest BCUT2D eigenvalue weighted by atomic mass is 16.3. The molecule has 4 atom stereocenters. The van der Waals surface area contributed by atoms with E-state index in [1.165, 1.54) is 12.8 Å². The van der Waals surface area contributed by atoms with E-state index in [2.05, 4.69) is 15.2 Å². The van der Waals surface area contributed by atoms with Gasteiger partial charge in [-0.3, -0.25) is 19.5 Å². The van der Waals surface area contributed by atoms with Crippen molar-refractivity contribution < 1.29 is 9.90 Å². The van der Waals surface area contributed by atoms with Crippen molar-refractivity contribution in [1.29, 1.82) is 0 Å². The summed E-state index contributed by atoms with van der Waals surface area (Å²) in [5.41, 5.74) is 2.31. The Balaban J connectivity index is 1.50. The summed E-state index contributed by atoms with van der Waals surface area (Å²) >= 11 is 0. The number of amides is 1. The maximum Gasteiger partial charge on any atom is 0.258 e. The maximum atomic E-state index is 13.5. The van der Waals surface area contributed by atoms with Crippen molar-refractivity contribution in [3.8, 4) is 0 Å². The number of nitrogens with one attached hydrogen (secondary N) is 1. The lowest BCUT2D eigenvalue weighted by Crippen LogP contribution is -2.47. The van der Waals surface area contributed by atoms with Crippen LogP contribution in [0.15, 0.2) is 47.4 Å². The monoisotopic (exact) mass is 434 g/mol. The van der Waals surface area contributed by atoms with Crippen LogP contribution in [0.2, 0.25) is 0 Å². The topological polar surface area (TPSA) is 87.5 Å². The SMILES string of the molecule is C/C=C\c1ccc2n(c1=O)C[C@@H]1[C@@H](CO)[C@H](C(=O)NCc3ccccn3)[C@H]2N1CC1CC1. The van der Waals surface area contributed by atoms with Crippen molar-refractivity contribution in [2.45, 2.75) is 44.9 Å². The second kappa shape index (κ2) is 8.64. The summed E-state index contributed by atoms with van der Waals surface area (Å²) in [4.78, 5) is 33.3. The van der Waals surface area contributed by atoms with Crippen LogP contribution < -0.4 is 10.9 Å². The summed E-state index contributed by atoms with van der Waals surface area (Å²) in [5, 5.41) is 13.4. The fraction of sp³-hybridized carbons (Fsp3) is 0.480. The Morgan fingerprint density at radius 2 is 2.12 bits per heavy atom. The molecule has 0 spiro atoms. The zero-order valence-electron chi connectivity index (χ0n) is 18.4.